The molecule has 0 saturated carbocycles. The molecule has 1 N–H and O–H groups in total. The van der Waals surface area contributed by atoms with Crippen LogP contribution in [0.2, 0.25) is 0 Å². The van der Waals surface area contributed by atoms with Crippen LogP contribution in [0.1, 0.15) is 5.82 Å². The first-order chi connectivity index (χ1) is 8.41. The van der Waals surface area contributed by atoms with Crippen molar-refractivity contribution >= 4 is 0 Å². The Bertz CT molecular complexity index is 562. The standard InChI is InChI=1S/C11H8F4N2O/c1-18-9-3-2-6(12)4-7(9)8-5-16-10(17-8)11(13,14)15/h2-5H,1H3,(H,16,17). The summed E-state index contributed by atoms with van der Waals surface area (Å²) < 4.78 is 55.2. The molecule has 0 radical (unpaired) electrons. The molecule has 3 nitrogen and oxygen atoms in total. The van der Waals surface area contributed by atoms with Crippen molar-refractivity contribution in [3.8, 4) is 17.0 Å². The number of aromatic nitrogens is 2. The highest BCUT2D eigenvalue weighted by Crippen LogP contribution is 2.32. The van der Waals surface area contributed by atoms with Gasteiger partial charge in [0.25, 0.3) is 0 Å². The Hall–Kier alpha value is -2.05. The minimum absolute atomic E-state index is 0.0404. The molecule has 0 aliphatic carbocycles. The van der Waals surface area contributed by atoms with Crippen molar-refractivity contribution in [3.05, 3.63) is 36.0 Å². The van der Waals surface area contributed by atoms with E-state index in [4.69, 9.17) is 4.74 Å². The van der Waals surface area contributed by atoms with E-state index in [0.717, 1.165) is 18.3 Å². The third kappa shape index (κ3) is 2.29. The lowest BCUT2D eigenvalue weighted by atomic mass is 10.1. The number of methoxy groups -OCH3 is 1. The van der Waals surface area contributed by atoms with Crippen LogP contribution in [0.25, 0.3) is 11.3 Å². The number of aromatic amines is 1. The number of nitrogens with one attached hydrogen (secondary N) is 1. The lowest BCUT2D eigenvalue weighted by Gasteiger charge is -2.06. The van der Waals surface area contributed by atoms with Crippen LogP contribution >= 0.6 is 0 Å². The lowest BCUT2D eigenvalue weighted by Crippen LogP contribution is -2.07. The Morgan fingerprint density at radius 2 is 2.00 bits per heavy atom. The third-order valence-corrected chi connectivity index (χ3v) is 2.30. The lowest BCUT2D eigenvalue weighted by molar-refractivity contribution is -0.144. The van der Waals surface area contributed by atoms with Crippen LogP contribution in [0.5, 0.6) is 5.75 Å². The SMILES string of the molecule is COc1ccc(F)cc1-c1cnc(C(F)(F)F)[nH]1. The quantitative estimate of drug-likeness (QED) is 0.842. The van der Waals surface area contributed by atoms with E-state index in [2.05, 4.69) is 9.97 Å². The van der Waals surface area contributed by atoms with Gasteiger partial charge in [-0.3, -0.25) is 0 Å². The number of halogens is 4. The molecule has 1 aromatic heterocycles. The summed E-state index contributed by atoms with van der Waals surface area (Å²) in [6.07, 6.45) is -3.58. The molecule has 18 heavy (non-hydrogen) atoms. The Kier molecular flexibility index (Phi) is 2.98. The predicted octanol–water partition coefficient (Wildman–Crippen LogP) is 3.24. The summed E-state index contributed by atoms with van der Waals surface area (Å²) in [5, 5.41) is 0. The van der Waals surface area contributed by atoms with Crippen molar-refractivity contribution < 1.29 is 22.3 Å². The molecule has 1 aromatic carbocycles. The smallest absolute Gasteiger partial charge is 0.449 e. The van der Waals surface area contributed by atoms with Gasteiger partial charge in [-0.05, 0) is 18.2 Å². The summed E-state index contributed by atoms with van der Waals surface area (Å²) in [7, 11) is 1.35. The molecule has 7 heteroatoms. The van der Waals surface area contributed by atoms with Gasteiger partial charge in [0, 0.05) is 5.56 Å². The molecular formula is C11H8F4N2O. The highest BCUT2D eigenvalue weighted by Gasteiger charge is 2.34. The van der Waals surface area contributed by atoms with E-state index in [0.29, 0.717) is 0 Å². The van der Waals surface area contributed by atoms with Crippen LogP contribution < -0.4 is 4.74 Å². The van der Waals surface area contributed by atoms with Gasteiger partial charge < -0.3 is 9.72 Å². The third-order valence-electron chi connectivity index (χ3n) is 2.30. The second-order valence-electron chi connectivity index (χ2n) is 3.49. The largest absolute Gasteiger partial charge is 0.496 e. The average molecular weight is 260 g/mol. The monoisotopic (exact) mass is 260 g/mol. The Morgan fingerprint density at radius 1 is 1.28 bits per heavy atom. The fourth-order valence-corrected chi connectivity index (χ4v) is 1.49. The number of benzene rings is 1. The fraction of sp³-hybridized carbons (Fsp3) is 0.182. The number of alkyl halides is 3. The van der Waals surface area contributed by atoms with E-state index < -0.39 is 17.8 Å². The molecule has 0 spiro atoms. The molecule has 2 rings (SSSR count). The maximum Gasteiger partial charge on any atom is 0.449 e. The minimum atomic E-state index is -4.57. The van der Waals surface area contributed by atoms with Gasteiger partial charge in [0.2, 0.25) is 5.82 Å². The maximum absolute atomic E-state index is 13.1. The van der Waals surface area contributed by atoms with E-state index in [1.807, 2.05) is 0 Å². The summed E-state index contributed by atoms with van der Waals surface area (Å²) in [4.78, 5) is 5.30. The Morgan fingerprint density at radius 3 is 2.56 bits per heavy atom. The summed E-state index contributed by atoms with van der Waals surface area (Å²) in [6.45, 7) is 0. The molecule has 0 aliphatic heterocycles. The van der Waals surface area contributed by atoms with Crippen molar-refractivity contribution in [1.82, 2.24) is 9.97 Å². The molecule has 1 heterocycles. The topological polar surface area (TPSA) is 37.9 Å². The average Bonchev–Trinajstić information content (AvgIpc) is 2.77. The Balaban J connectivity index is 2.49. The molecule has 2 aromatic rings. The van der Waals surface area contributed by atoms with Crippen LogP contribution in [0, 0.1) is 5.82 Å². The maximum atomic E-state index is 13.1. The molecule has 0 atom stereocenters. The summed E-state index contributed by atoms with van der Waals surface area (Å²) in [5.41, 5.74) is 0.221. The zero-order valence-electron chi connectivity index (χ0n) is 9.18. The van der Waals surface area contributed by atoms with E-state index in [1.165, 1.54) is 13.2 Å². The number of hydrogen-bond acceptors (Lipinski definition) is 2. The predicted molar refractivity (Wildman–Crippen MR) is 55.5 cm³/mol. The number of rotatable bonds is 2. The van der Waals surface area contributed by atoms with E-state index in [1.54, 1.807) is 0 Å². The van der Waals surface area contributed by atoms with Gasteiger partial charge in [0.05, 0.1) is 19.0 Å². The summed E-state index contributed by atoms with van der Waals surface area (Å²) in [5.74, 6) is -1.45. The first kappa shape index (κ1) is 12.4. The second-order valence-corrected chi connectivity index (χ2v) is 3.49. The van der Waals surface area contributed by atoms with Gasteiger partial charge in [-0.15, -0.1) is 0 Å². The number of H-pyrrole nitrogens is 1. The fourth-order valence-electron chi connectivity index (χ4n) is 1.49. The van der Waals surface area contributed by atoms with Gasteiger partial charge >= 0.3 is 6.18 Å². The van der Waals surface area contributed by atoms with Crippen LogP contribution in [-0.4, -0.2) is 17.1 Å². The van der Waals surface area contributed by atoms with Crippen molar-refractivity contribution in [1.29, 1.82) is 0 Å². The second kappa shape index (κ2) is 4.32. The van der Waals surface area contributed by atoms with E-state index in [-0.39, 0.29) is 17.0 Å². The van der Waals surface area contributed by atoms with Crippen molar-refractivity contribution in [2.45, 2.75) is 6.18 Å². The van der Waals surface area contributed by atoms with E-state index >= 15 is 0 Å². The zero-order valence-corrected chi connectivity index (χ0v) is 9.18. The normalized spacial score (nSPS) is 11.6. The van der Waals surface area contributed by atoms with Crippen molar-refractivity contribution in [2.24, 2.45) is 0 Å². The molecule has 0 fully saturated rings. The Labute approximate surface area is 99.4 Å². The van der Waals surface area contributed by atoms with Gasteiger partial charge in [-0.1, -0.05) is 0 Å². The molecule has 96 valence electrons. The van der Waals surface area contributed by atoms with Crippen LogP contribution in [0.15, 0.2) is 24.4 Å². The van der Waals surface area contributed by atoms with Crippen molar-refractivity contribution in [3.63, 3.8) is 0 Å². The summed E-state index contributed by atoms with van der Waals surface area (Å²) in [6, 6.07) is 3.56. The van der Waals surface area contributed by atoms with Gasteiger partial charge in [0.1, 0.15) is 11.6 Å². The van der Waals surface area contributed by atoms with Crippen LogP contribution in [0.4, 0.5) is 17.6 Å². The molecular weight excluding hydrogens is 252 g/mol. The highest BCUT2D eigenvalue weighted by atomic mass is 19.4. The minimum Gasteiger partial charge on any atom is -0.496 e. The zero-order chi connectivity index (χ0) is 13.3. The van der Waals surface area contributed by atoms with Crippen LogP contribution in [-0.2, 0) is 6.18 Å². The van der Waals surface area contributed by atoms with Gasteiger partial charge in [-0.25, -0.2) is 9.37 Å². The molecule has 0 bridgehead atoms. The van der Waals surface area contributed by atoms with Crippen molar-refractivity contribution in [2.75, 3.05) is 7.11 Å². The molecule has 0 aliphatic rings. The van der Waals surface area contributed by atoms with Gasteiger partial charge in [0.15, 0.2) is 0 Å². The molecule has 0 saturated heterocycles. The number of hydrogen-bond donors (Lipinski definition) is 1. The van der Waals surface area contributed by atoms with Crippen LogP contribution in [0.3, 0.4) is 0 Å². The molecule has 0 unspecified atom stereocenters. The van der Waals surface area contributed by atoms with E-state index in [9.17, 15) is 17.6 Å². The number of ether oxygens (including phenoxy) is 1. The van der Waals surface area contributed by atoms with Gasteiger partial charge in [-0.2, -0.15) is 13.2 Å². The molecule has 0 amide bonds. The number of imidazole rings is 1. The highest BCUT2D eigenvalue weighted by molar-refractivity contribution is 5.66. The summed E-state index contributed by atoms with van der Waals surface area (Å²) >= 11 is 0. The first-order valence-electron chi connectivity index (χ1n) is 4.88. The number of nitrogens with zero attached hydrogens (tertiary/aromatic N) is 1. The first-order valence-corrected chi connectivity index (χ1v) is 4.88.